The van der Waals surface area contributed by atoms with E-state index in [4.69, 9.17) is 0 Å². The third-order valence-corrected chi connectivity index (χ3v) is 3.83. The molecule has 0 saturated heterocycles. The first-order chi connectivity index (χ1) is 7.72. The van der Waals surface area contributed by atoms with Crippen molar-refractivity contribution in [3.05, 3.63) is 0 Å². The summed E-state index contributed by atoms with van der Waals surface area (Å²) < 4.78 is 0. The van der Waals surface area contributed by atoms with Crippen molar-refractivity contribution in [3.63, 3.8) is 0 Å². The standard InChI is InChI=1S/C14H30N2/c1-4-13(2)12-16(3)11-7-10-15-14-8-5-6-9-14/h13-15H,4-12H2,1-3H3. The van der Waals surface area contributed by atoms with Crippen LogP contribution in [-0.2, 0) is 0 Å². The van der Waals surface area contributed by atoms with Gasteiger partial charge in [-0.3, -0.25) is 0 Å². The van der Waals surface area contributed by atoms with Crippen molar-refractivity contribution in [2.45, 2.75) is 58.4 Å². The maximum Gasteiger partial charge on any atom is 0.00670 e. The van der Waals surface area contributed by atoms with Crippen LogP contribution >= 0.6 is 0 Å². The van der Waals surface area contributed by atoms with E-state index in [1.807, 2.05) is 0 Å². The molecule has 2 heteroatoms. The zero-order valence-electron chi connectivity index (χ0n) is 11.5. The van der Waals surface area contributed by atoms with E-state index < -0.39 is 0 Å². The Kier molecular flexibility index (Phi) is 7.06. The molecule has 0 heterocycles. The quantitative estimate of drug-likeness (QED) is 0.640. The van der Waals surface area contributed by atoms with Gasteiger partial charge in [0.25, 0.3) is 0 Å². The Morgan fingerprint density at radius 1 is 1.31 bits per heavy atom. The summed E-state index contributed by atoms with van der Waals surface area (Å²) in [4.78, 5) is 2.48. The topological polar surface area (TPSA) is 15.3 Å². The zero-order chi connectivity index (χ0) is 11.8. The summed E-state index contributed by atoms with van der Waals surface area (Å²) in [6.45, 7) is 8.31. The Balaban J connectivity index is 1.93. The Hall–Kier alpha value is -0.0800. The summed E-state index contributed by atoms with van der Waals surface area (Å²) in [7, 11) is 2.25. The minimum Gasteiger partial charge on any atom is -0.314 e. The highest BCUT2D eigenvalue weighted by Gasteiger charge is 2.13. The average molecular weight is 226 g/mol. The Bertz CT molecular complexity index is 164. The number of nitrogens with zero attached hydrogens (tertiary/aromatic N) is 1. The molecule has 0 amide bonds. The van der Waals surface area contributed by atoms with Crippen LogP contribution in [0.2, 0.25) is 0 Å². The fraction of sp³-hybridized carbons (Fsp3) is 1.00. The fourth-order valence-electron chi connectivity index (χ4n) is 2.54. The summed E-state index contributed by atoms with van der Waals surface area (Å²) in [5, 5.41) is 3.68. The molecule has 1 aliphatic rings. The van der Waals surface area contributed by atoms with E-state index in [9.17, 15) is 0 Å². The predicted octanol–water partition coefficient (Wildman–Crippen LogP) is 2.89. The molecule has 0 aromatic rings. The maximum absolute atomic E-state index is 3.68. The van der Waals surface area contributed by atoms with Crippen LogP contribution in [0.4, 0.5) is 0 Å². The Labute approximate surface area is 102 Å². The molecule has 0 bridgehead atoms. The molecule has 1 fully saturated rings. The summed E-state index contributed by atoms with van der Waals surface area (Å²) >= 11 is 0. The second kappa shape index (κ2) is 8.08. The fourth-order valence-corrected chi connectivity index (χ4v) is 2.54. The lowest BCUT2D eigenvalue weighted by Crippen LogP contribution is -2.31. The summed E-state index contributed by atoms with van der Waals surface area (Å²) in [5.41, 5.74) is 0. The summed E-state index contributed by atoms with van der Waals surface area (Å²) in [5.74, 6) is 0.841. The SMILES string of the molecule is CCC(C)CN(C)CCCNC1CCCC1. The van der Waals surface area contributed by atoms with Crippen LogP contribution < -0.4 is 5.32 Å². The number of nitrogens with one attached hydrogen (secondary N) is 1. The van der Waals surface area contributed by atoms with Crippen LogP contribution in [0.1, 0.15) is 52.4 Å². The molecule has 1 rings (SSSR count). The van der Waals surface area contributed by atoms with Crippen LogP contribution in [0.15, 0.2) is 0 Å². The third-order valence-electron chi connectivity index (χ3n) is 3.83. The number of rotatable bonds is 8. The van der Waals surface area contributed by atoms with Gasteiger partial charge in [-0.05, 0) is 45.3 Å². The van der Waals surface area contributed by atoms with E-state index in [0.29, 0.717) is 0 Å². The van der Waals surface area contributed by atoms with Crippen molar-refractivity contribution in [3.8, 4) is 0 Å². The van der Waals surface area contributed by atoms with Gasteiger partial charge in [-0.25, -0.2) is 0 Å². The molecular formula is C14H30N2. The average Bonchev–Trinajstić information content (AvgIpc) is 2.77. The lowest BCUT2D eigenvalue weighted by molar-refractivity contribution is 0.276. The van der Waals surface area contributed by atoms with Crippen molar-refractivity contribution in [1.82, 2.24) is 10.2 Å². The molecule has 1 atom stereocenters. The molecule has 96 valence electrons. The van der Waals surface area contributed by atoms with Gasteiger partial charge in [0.1, 0.15) is 0 Å². The molecule has 1 saturated carbocycles. The highest BCUT2D eigenvalue weighted by Crippen LogP contribution is 2.17. The molecule has 0 spiro atoms. The van der Waals surface area contributed by atoms with E-state index in [0.717, 1.165) is 12.0 Å². The zero-order valence-corrected chi connectivity index (χ0v) is 11.5. The van der Waals surface area contributed by atoms with Gasteiger partial charge in [-0.1, -0.05) is 33.1 Å². The van der Waals surface area contributed by atoms with Gasteiger partial charge in [-0.2, -0.15) is 0 Å². The van der Waals surface area contributed by atoms with Crippen molar-refractivity contribution < 1.29 is 0 Å². The molecule has 0 radical (unpaired) electrons. The maximum atomic E-state index is 3.68. The van der Waals surface area contributed by atoms with E-state index >= 15 is 0 Å². The Morgan fingerprint density at radius 3 is 2.62 bits per heavy atom. The largest absolute Gasteiger partial charge is 0.314 e. The second-order valence-electron chi connectivity index (χ2n) is 5.56. The molecule has 2 nitrogen and oxygen atoms in total. The minimum atomic E-state index is 0.833. The first-order valence-corrected chi connectivity index (χ1v) is 7.14. The number of hydrogen-bond donors (Lipinski definition) is 1. The van der Waals surface area contributed by atoms with E-state index in [1.165, 1.54) is 58.2 Å². The summed E-state index contributed by atoms with van der Waals surface area (Å²) in [6.07, 6.45) is 8.27. The molecule has 0 aliphatic heterocycles. The van der Waals surface area contributed by atoms with Gasteiger partial charge in [-0.15, -0.1) is 0 Å². The van der Waals surface area contributed by atoms with Gasteiger partial charge in [0, 0.05) is 12.6 Å². The van der Waals surface area contributed by atoms with Gasteiger partial charge in [0.05, 0.1) is 0 Å². The van der Waals surface area contributed by atoms with Crippen molar-refractivity contribution in [1.29, 1.82) is 0 Å². The van der Waals surface area contributed by atoms with Crippen LogP contribution in [0.5, 0.6) is 0 Å². The van der Waals surface area contributed by atoms with Crippen LogP contribution in [0, 0.1) is 5.92 Å². The van der Waals surface area contributed by atoms with Gasteiger partial charge in [0.2, 0.25) is 0 Å². The molecule has 1 unspecified atom stereocenters. The first kappa shape index (κ1) is 14.0. The molecule has 0 aromatic carbocycles. The monoisotopic (exact) mass is 226 g/mol. The van der Waals surface area contributed by atoms with Crippen LogP contribution in [0.3, 0.4) is 0 Å². The highest BCUT2D eigenvalue weighted by atomic mass is 15.1. The summed E-state index contributed by atoms with van der Waals surface area (Å²) in [6, 6.07) is 0.833. The van der Waals surface area contributed by atoms with E-state index in [-0.39, 0.29) is 0 Å². The van der Waals surface area contributed by atoms with Crippen molar-refractivity contribution >= 4 is 0 Å². The Morgan fingerprint density at radius 2 is 2.00 bits per heavy atom. The molecule has 16 heavy (non-hydrogen) atoms. The third kappa shape index (κ3) is 5.86. The predicted molar refractivity (Wildman–Crippen MR) is 71.8 cm³/mol. The molecule has 1 aliphatic carbocycles. The lowest BCUT2D eigenvalue weighted by Gasteiger charge is -2.21. The van der Waals surface area contributed by atoms with Crippen molar-refractivity contribution in [2.24, 2.45) is 5.92 Å². The highest BCUT2D eigenvalue weighted by molar-refractivity contribution is 4.73. The van der Waals surface area contributed by atoms with Gasteiger partial charge in [0.15, 0.2) is 0 Å². The minimum absolute atomic E-state index is 0.833. The van der Waals surface area contributed by atoms with E-state index in [2.05, 4.69) is 31.1 Å². The normalized spacial score (nSPS) is 19.5. The van der Waals surface area contributed by atoms with Crippen molar-refractivity contribution in [2.75, 3.05) is 26.7 Å². The van der Waals surface area contributed by atoms with Crippen LogP contribution in [-0.4, -0.2) is 37.6 Å². The van der Waals surface area contributed by atoms with E-state index in [1.54, 1.807) is 0 Å². The number of hydrogen-bond acceptors (Lipinski definition) is 2. The van der Waals surface area contributed by atoms with Crippen LogP contribution in [0.25, 0.3) is 0 Å². The molecular weight excluding hydrogens is 196 g/mol. The molecule has 0 aromatic heterocycles. The first-order valence-electron chi connectivity index (χ1n) is 7.14. The lowest BCUT2D eigenvalue weighted by atomic mass is 10.1. The molecule has 1 N–H and O–H groups in total. The second-order valence-corrected chi connectivity index (χ2v) is 5.56. The van der Waals surface area contributed by atoms with Gasteiger partial charge < -0.3 is 10.2 Å². The van der Waals surface area contributed by atoms with Gasteiger partial charge >= 0.3 is 0 Å². The smallest absolute Gasteiger partial charge is 0.00670 e.